The summed E-state index contributed by atoms with van der Waals surface area (Å²) in [7, 11) is 1.33. The Hall–Kier alpha value is -1.59. The standard InChI is InChI=1S/C11H11ClN2O3/c1-13-9(15)10(16)14(11(13)17)6-7-4-2-3-5-8(7)12/h2-5,10,16H,6H2,1H3. The molecule has 1 heterocycles. The Bertz CT molecular complexity index is 478. The summed E-state index contributed by atoms with van der Waals surface area (Å²) in [5.74, 6) is -0.623. The number of rotatable bonds is 2. The van der Waals surface area contributed by atoms with Crippen molar-refractivity contribution in [2.75, 3.05) is 7.05 Å². The molecule has 1 fully saturated rings. The third kappa shape index (κ3) is 1.99. The first kappa shape index (κ1) is 11.9. The summed E-state index contributed by atoms with van der Waals surface area (Å²) >= 11 is 5.95. The molecular weight excluding hydrogens is 244 g/mol. The molecule has 1 aromatic rings. The van der Waals surface area contributed by atoms with E-state index in [2.05, 4.69) is 0 Å². The van der Waals surface area contributed by atoms with Crippen LogP contribution in [0.5, 0.6) is 0 Å². The lowest BCUT2D eigenvalue weighted by Crippen LogP contribution is -2.34. The van der Waals surface area contributed by atoms with Gasteiger partial charge in [0.25, 0.3) is 5.91 Å². The third-order valence-corrected chi connectivity index (χ3v) is 3.05. The monoisotopic (exact) mass is 254 g/mol. The van der Waals surface area contributed by atoms with Crippen LogP contribution in [0.2, 0.25) is 5.02 Å². The summed E-state index contributed by atoms with van der Waals surface area (Å²) in [5, 5.41) is 10.1. The third-order valence-electron chi connectivity index (χ3n) is 2.68. The van der Waals surface area contributed by atoms with Gasteiger partial charge in [0.05, 0.1) is 6.54 Å². The van der Waals surface area contributed by atoms with Crippen molar-refractivity contribution in [2.24, 2.45) is 0 Å². The number of hydrogen-bond acceptors (Lipinski definition) is 3. The van der Waals surface area contributed by atoms with Gasteiger partial charge in [0.2, 0.25) is 6.23 Å². The molecule has 0 bridgehead atoms. The highest BCUT2D eigenvalue weighted by atomic mass is 35.5. The predicted molar refractivity (Wildman–Crippen MR) is 61.2 cm³/mol. The van der Waals surface area contributed by atoms with Crippen LogP contribution in [0.15, 0.2) is 24.3 Å². The normalized spacial score (nSPS) is 20.3. The molecule has 1 aromatic carbocycles. The van der Waals surface area contributed by atoms with Crippen LogP contribution in [0, 0.1) is 0 Å². The minimum absolute atomic E-state index is 0.107. The van der Waals surface area contributed by atoms with Crippen LogP contribution in [-0.2, 0) is 11.3 Å². The van der Waals surface area contributed by atoms with Gasteiger partial charge in [-0.15, -0.1) is 0 Å². The first-order chi connectivity index (χ1) is 8.02. The summed E-state index contributed by atoms with van der Waals surface area (Å²) in [6.45, 7) is 0.107. The molecule has 6 heteroatoms. The second-order valence-corrected chi connectivity index (χ2v) is 4.18. The minimum Gasteiger partial charge on any atom is -0.365 e. The number of urea groups is 1. The highest BCUT2D eigenvalue weighted by molar-refractivity contribution is 6.31. The summed E-state index contributed by atoms with van der Waals surface area (Å²) in [6.07, 6.45) is -1.43. The molecule has 3 amide bonds. The smallest absolute Gasteiger partial charge is 0.329 e. The van der Waals surface area contributed by atoms with Crippen molar-refractivity contribution in [1.29, 1.82) is 0 Å². The number of likely N-dealkylation sites (N-methyl/N-ethyl adjacent to an activating group) is 1. The molecule has 1 atom stereocenters. The molecule has 0 aromatic heterocycles. The van der Waals surface area contributed by atoms with Crippen LogP contribution in [0.3, 0.4) is 0 Å². The first-order valence-corrected chi connectivity index (χ1v) is 5.40. The van der Waals surface area contributed by atoms with Crippen molar-refractivity contribution in [3.8, 4) is 0 Å². The van der Waals surface area contributed by atoms with Gasteiger partial charge in [0.1, 0.15) is 0 Å². The van der Waals surface area contributed by atoms with Gasteiger partial charge in [-0.3, -0.25) is 14.6 Å². The second kappa shape index (κ2) is 4.35. The fourth-order valence-corrected chi connectivity index (χ4v) is 1.86. The second-order valence-electron chi connectivity index (χ2n) is 3.77. The molecule has 90 valence electrons. The zero-order valence-corrected chi connectivity index (χ0v) is 9.89. The Morgan fingerprint density at radius 3 is 2.53 bits per heavy atom. The van der Waals surface area contributed by atoms with E-state index in [1.165, 1.54) is 7.05 Å². The quantitative estimate of drug-likeness (QED) is 0.803. The van der Waals surface area contributed by atoms with Gasteiger partial charge in [0.15, 0.2) is 0 Å². The molecule has 0 saturated carbocycles. The number of carbonyl (C=O) groups is 2. The fraction of sp³-hybridized carbons (Fsp3) is 0.273. The van der Waals surface area contributed by atoms with Crippen molar-refractivity contribution in [2.45, 2.75) is 12.8 Å². The molecule has 1 aliphatic rings. The largest absolute Gasteiger partial charge is 0.365 e. The summed E-state index contributed by atoms with van der Waals surface area (Å²) < 4.78 is 0. The van der Waals surface area contributed by atoms with Crippen LogP contribution >= 0.6 is 11.6 Å². The van der Waals surface area contributed by atoms with Gasteiger partial charge in [-0.1, -0.05) is 29.8 Å². The average molecular weight is 255 g/mol. The molecule has 1 aliphatic heterocycles. The van der Waals surface area contributed by atoms with Crippen molar-refractivity contribution >= 4 is 23.5 Å². The van der Waals surface area contributed by atoms with E-state index in [0.29, 0.717) is 10.6 Å². The van der Waals surface area contributed by atoms with E-state index < -0.39 is 18.2 Å². The Balaban J connectivity index is 2.23. The maximum absolute atomic E-state index is 11.7. The Labute approximate surface area is 103 Å². The maximum Gasteiger partial charge on any atom is 0.329 e. The van der Waals surface area contributed by atoms with Crippen LogP contribution in [-0.4, -0.2) is 40.1 Å². The van der Waals surface area contributed by atoms with Crippen LogP contribution in [0.1, 0.15) is 5.56 Å². The lowest BCUT2D eigenvalue weighted by molar-refractivity contribution is -0.136. The zero-order valence-electron chi connectivity index (χ0n) is 9.13. The number of carbonyl (C=O) groups excluding carboxylic acids is 2. The van der Waals surface area contributed by atoms with Gasteiger partial charge in [-0.05, 0) is 11.6 Å². The number of aliphatic hydroxyl groups is 1. The molecule has 0 spiro atoms. The van der Waals surface area contributed by atoms with Gasteiger partial charge in [-0.25, -0.2) is 4.79 Å². The van der Waals surface area contributed by atoms with Crippen LogP contribution < -0.4 is 0 Å². The van der Waals surface area contributed by atoms with Crippen molar-refractivity contribution in [3.05, 3.63) is 34.9 Å². The first-order valence-electron chi connectivity index (χ1n) is 5.02. The summed E-state index contributed by atoms with van der Waals surface area (Å²) in [6, 6.07) is 6.45. The number of benzene rings is 1. The van der Waals surface area contributed by atoms with Crippen molar-refractivity contribution < 1.29 is 14.7 Å². The van der Waals surface area contributed by atoms with E-state index in [-0.39, 0.29) is 6.54 Å². The van der Waals surface area contributed by atoms with Crippen molar-refractivity contribution in [1.82, 2.24) is 9.80 Å². The topological polar surface area (TPSA) is 60.9 Å². The number of amides is 3. The maximum atomic E-state index is 11.7. The highest BCUT2D eigenvalue weighted by Gasteiger charge is 2.41. The average Bonchev–Trinajstić information content (AvgIpc) is 2.50. The predicted octanol–water partition coefficient (Wildman–Crippen LogP) is 1.05. The molecule has 1 unspecified atom stereocenters. The van der Waals surface area contributed by atoms with E-state index in [0.717, 1.165) is 9.80 Å². The Morgan fingerprint density at radius 2 is 2.00 bits per heavy atom. The van der Waals surface area contributed by atoms with Crippen LogP contribution in [0.4, 0.5) is 4.79 Å². The highest BCUT2D eigenvalue weighted by Crippen LogP contribution is 2.22. The molecule has 0 radical (unpaired) electrons. The van der Waals surface area contributed by atoms with Crippen molar-refractivity contribution in [3.63, 3.8) is 0 Å². The molecule has 1 saturated heterocycles. The van der Waals surface area contributed by atoms with Crippen LogP contribution in [0.25, 0.3) is 0 Å². The molecule has 2 rings (SSSR count). The molecular formula is C11H11ClN2O3. The molecule has 0 aliphatic carbocycles. The van der Waals surface area contributed by atoms with E-state index in [1.807, 2.05) is 0 Å². The molecule has 17 heavy (non-hydrogen) atoms. The lowest BCUT2D eigenvalue weighted by atomic mass is 10.2. The summed E-state index contributed by atoms with van der Waals surface area (Å²) in [4.78, 5) is 25.0. The Kier molecular flexibility index (Phi) is 3.04. The molecule has 5 nitrogen and oxygen atoms in total. The lowest BCUT2D eigenvalue weighted by Gasteiger charge is -2.18. The SMILES string of the molecule is CN1C(=O)C(O)N(Cc2ccccc2Cl)C1=O. The summed E-state index contributed by atoms with van der Waals surface area (Å²) in [5.41, 5.74) is 0.685. The van der Waals surface area contributed by atoms with Gasteiger partial charge in [0, 0.05) is 12.1 Å². The number of nitrogens with zero attached hydrogens (tertiary/aromatic N) is 2. The number of aliphatic hydroxyl groups excluding tert-OH is 1. The van der Waals surface area contributed by atoms with E-state index >= 15 is 0 Å². The number of hydrogen-bond donors (Lipinski definition) is 1. The number of imide groups is 1. The number of halogens is 1. The van der Waals surface area contributed by atoms with Gasteiger partial charge >= 0.3 is 6.03 Å². The van der Waals surface area contributed by atoms with Gasteiger partial charge < -0.3 is 5.11 Å². The van der Waals surface area contributed by atoms with E-state index in [9.17, 15) is 14.7 Å². The Morgan fingerprint density at radius 1 is 1.35 bits per heavy atom. The zero-order chi connectivity index (χ0) is 12.6. The minimum atomic E-state index is -1.43. The van der Waals surface area contributed by atoms with E-state index in [1.54, 1.807) is 24.3 Å². The van der Waals surface area contributed by atoms with Gasteiger partial charge in [-0.2, -0.15) is 0 Å². The van der Waals surface area contributed by atoms with E-state index in [4.69, 9.17) is 11.6 Å². The molecule has 1 N–H and O–H groups in total. The fourth-order valence-electron chi connectivity index (χ4n) is 1.66.